The predicted molar refractivity (Wildman–Crippen MR) is 72.3 cm³/mol. The highest BCUT2D eigenvalue weighted by Gasteiger charge is 2.13. The molecule has 0 aliphatic heterocycles. The van der Waals surface area contributed by atoms with E-state index in [1.807, 2.05) is 0 Å². The molecule has 0 amide bonds. The van der Waals surface area contributed by atoms with Crippen molar-refractivity contribution < 1.29 is 14.8 Å². The molecule has 1 aromatic heterocycles. The van der Waals surface area contributed by atoms with E-state index in [1.54, 1.807) is 31.2 Å². The topological polar surface area (TPSA) is 85.5 Å². The molecule has 1 N–H and O–H groups in total. The summed E-state index contributed by atoms with van der Waals surface area (Å²) in [5.74, 6) is 0.549. The van der Waals surface area contributed by atoms with E-state index in [4.69, 9.17) is 9.84 Å². The summed E-state index contributed by atoms with van der Waals surface area (Å²) in [6.07, 6.45) is 1.51. The third-order valence-electron chi connectivity index (χ3n) is 2.97. The maximum Gasteiger partial charge on any atom is 0.272 e. The Labute approximate surface area is 115 Å². The zero-order chi connectivity index (χ0) is 14.5. The van der Waals surface area contributed by atoms with E-state index < -0.39 is 4.92 Å². The number of nitro benzene ring substituents is 1. The van der Waals surface area contributed by atoms with Crippen LogP contribution in [0.4, 0.5) is 5.69 Å². The van der Waals surface area contributed by atoms with Gasteiger partial charge in [0.05, 0.1) is 23.4 Å². The van der Waals surface area contributed by atoms with E-state index in [-0.39, 0.29) is 18.9 Å². The molecule has 1 heterocycles. The summed E-state index contributed by atoms with van der Waals surface area (Å²) >= 11 is 0. The van der Waals surface area contributed by atoms with Gasteiger partial charge in [-0.05, 0) is 24.6 Å². The van der Waals surface area contributed by atoms with Gasteiger partial charge in [0.15, 0.2) is 0 Å². The fourth-order valence-corrected chi connectivity index (χ4v) is 1.77. The maximum atomic E-state index is 10.8. The zero-order valence-corrected chi connectivity index (χ0v) is 10.9. The van der Waals surface area contributed by atoms with Crippen molar-refractivity contribution in [2.45, 2.75) is 20.1 Å². The van der Waals surface area contributed by atoms with Crippen molar-refractivity contribution in [3.63, 3.8) is 0 Å². The molecule has 0 unspecified atom stereocenters. The van der Waals surface area contributed by atoms with Gasteiger partial charge in [-0.25, -0.2) is 0 Å². The van der Waals surface area contributed by atoms with Crippen LogP contribution < -0.4 is 4.74 Å². The number of hydrogen-bond donors (Lipinski definition) is 1. The molecule has 2 aromatic rings. The van der Waals surface area contributed by atoms with Crippen LogP contribution in [0.2, 0.25) is 0 Å². The summed E-state index contributed by atoms with van der Waals surface area (Å²) in [5, 5.41) is 19.7. The lowest BCUT2D eigenvalue weighted by Gasteiger charge is -2.09. The highest BCUT2D eigenvalue weighted by Crippen LogP contribution is 2.22. The molecule has 0 fully saturated rings. The lowest BCUT2D eigenvalue weighted by molar-refractivity contribution is -0.385. The van der Waals surface area contributed by atoms with Crippen LogP contribution >= 0.6 is 0 Å². The summed E-state index contributed by atoms with van der Waals surface area (Å²) in [4.78, 5) is 14.4. The summed E-state index contributed by atoms with van der Waals surface area (Å²) in [7, 11) is 0. The Morgan fingerprint density at radius 1 is 1.35 bits per heavy atom. The summed E-state index contributed by atoms with van der Waals surface area (Å²) in [6.45, 7) is 1.81. The maximum absolute atomic E-state index is 10.8. The molecule has 6 nitrogen and oxygen atoms in total. The van der Waals surface area contributed by atoms with Gasteiger partial charge in [-0.1, -0.05) is 12.1 Å². The first-order chi connectivity index (χ1) is 9.61. The molecule has 104 valence electrons. The first-order valence-corrected chi connectivity index (χ1v) is 6.03. The number of aliphatic hydroxyl groups is 1. The Hall–Kier alpha value is -2.47. The first-order valence-electron chi connectivity index (χ1n) is 6.03. The second-order valence-corrected chi connectivity index (χ2v) is 4.25. The molecule has 0 radical (unpaired) electrons. The van der Waals surface area contributed by atoms with Crippen molar-refractivity contribution in [3.8, 4) is 5.75 Å². The van der Waals surface area contributed by atoms with Crippen LogP contribution in [0.1, 0.15) is 16.8 Å². The van der Waals surface area contributed by atoms with Gasteiger partial charge >= 0.3 is 0 Å². The van der Waals surface area contributed by atoms with Crippen LogP contribution in [0.25, 0.3) is 0 Å². The number of ether oxygens (including phenoxy) is 1. The molecular formula is C14H14N2O4. The lowest BCUT2D eigenvalue weighted by Crippen LogP contribution is -2.01. The smallest absolute Gasteiger partial charge is 0.272 e. The number of aliphatic hydroxyl groups excluding tert-OH is 1. The number of hydrogen-bond acceptors (Lipinski definition) is 5. The Morgan fingerprint density at radius 2 is 2.15 bits per heavy atom. The second-order valence-electron chi connectivity index (χ2n) is 4.25. The third-order valence-corrected chi connectivity index (χ3v) is 2.97. The first kappa shape index (κ1) is 14.0. The molecular weight excluding hydrogens is 260 g/mol. The Bertz CT molecular complexity index is 611. The van der Waals surface area contributed by atoms with Gasteiger partial charge in [-0.15, -0.1) is 0 Å². The Morgan fingerprint density at radius 3 is 2.75 bits per heavy atom. The molecule has 0 spiro atoms. The highest BCUT2D eigenvalue weighted by atomic mass is 16.6. The molecule has 2 rings (SSSR count). The summed E-state index contributed by atoms with van der Waals surface area (Å²) in [6, 6.07) is 8.26. The van der Waals surface area contributed by atoms with Crippen LogP contribution in [-0.2, 0) is 13.2 Å². The average Bonchev–Trinajstić information content (AvgIpc) is 2.46. The monoisotopic (exact) mass is 274 g/mol. The van der Waals surface area contributed by atoms with Gasteiger partial charge in [0.1, 0.15) is 12.4 Å². The minimum atomic E-state index is -0.406. The molecule has 6 heteroatoms. The van der Waals surface area contributed by atoms with E-state index >= 15 is 0 Å². The van der Waals surface area contributed by atoms with E-state index in [0.717, 1.165) is 5.56 Å². The average molecular weight is 274 g/mol. The van der Waals surface area contributed by atoms with E-state index in [1.165, 1.54) is 12.3 Å². The summed E-state index contributed by atoms with van der Waals surface area (Å²) in [5.41, 5.74) is 1.99. The van der Waals surface area contributed by atoms with Gasteiger partial charge in [0.25, 0.3) is 5.69 Å². The number of aromatic nitrogens is 1. The Balaban J connectivity index is 2.10. The van der Waals surface area contributed by atoms with E-state index in [9.17, 15) is 10.1 Å². The molecule has 0 saturated heterocycles. The third kappa shape index (κ3) is 3.10. The molecule has 0 atom stereocenters. The standard InChI is InChI=1S/C14H14N2O4/c1-10-11(3-2-4-14(10)16(18)19)9-20-13-6-5-12(8-17)15-7-13/h2-7,17H,8-9H2,1H3. The van der Waals surface area contributed by atoms with E-state index in [2.05, 4.69) is 4.98 Å². The van der Waals surface area contributed by atoms with Crippen molar-refractivity contribution in [2.75, 3.05) is 0 Å². The van der Waals surface area contributed by atoms with Crippen molar-refractivity contribution in [3.05, 3.63) is 63.5 Å². The van der Waals surface area contributed by atoms with Crippen molar-refractivity contribution in [2.24, 2.45) is 0 Å². The quantitative estimate of drug-likeness (QED) is 0.668. The van der Waals surface area contributed by atoms with Gasteiger partial charge in [-0.2, -0.15) is 0 Å². The second kappa shape index (κ2) is 6.12. The van der Waals surface area contributed by atoms with Crippen LogP contribution in [0, 0.1) is 17.0 Å². The van der Waals surface area contributed by atoms with Crippen LogP contribution in [0.3, 0.4) is 0 Å². The molecule has 0 aliphatic rings. The fourth-order valence-electron chi connectivity index (χ4n) is 1.77. The summed E-state index contributed by atoms with van der Waals surface area (Å²) < 4.78 is 5.54. The predicted octanol–water partition coefficient (Wildman–Crippen LogP) is 2.37. The van der Waals surface area contributed by atoms with Crippen molar-refractivity contribution in [1.82, 2.24) is 4.98 Å². The fraction of sp³-hybridized carbons (Fsp3) is 0.214. The van der Waals surface area contributed by atoms with Crippen LogP contribution in [0.5, 0.6) is 5.75 Å². The highest BCUT2D eigenvalue weighted by molar-refractivity contribution is 5.44. The van der Waals surface area contributed by atoms with Gasteiger partial charge in [0.2, 0.25) is 0 Å². The minimum absolute atomic E-state index is 0.0832. The largest absolute Gasteiger partial charge is 0.487 e. The zero-order valence-electron chi connectivity index (χ0n) is 10.9. The van der Waals surface area contributed by atoms with Crippen molar-refractivity contribution in [1.29, 1.82) is 0 Å². The number of nitrogens with zero attached hydrogens (tertiary/aromatic N) is 2. The van der Waals surface area contributed by atoms with Crippen LogP contribution in [-0.4, -0.2) is 15.0 Å². The van der Waals surface area contributed by atoms with Gasteiger partial charge < -0.3 is 9.84 Å². The lowest BCUT2D eigenvalue weighted by atomic mass is 10.1. The molecule has 0 saturated carbocycles. The van der Waals surface area contributed by atoms with E-state index in [0.29, 0.717) is 17.0 Å². The number of benzene rings is 1. The molecule has 0 bridgehead atoms. The SMILES string of the molecule is Cc1c(COc2ccc(CO)nc2)cccc1[N+](=O)[O-]. The van der Waals surface area contributed by atoms with Gasteiger partial charge in [-0.3, -0.25) is 15.1 Å². The number of pyridine rings is 1. The number of nitro groups is 1. The number of rotatable bonds is 5. The molecule has 20 heavy (non-hydrogen) atoms. The normalized spacial score (nSPS) is 10.3. The Kier molecular flexibility index (Phi) is 4.27. The molecule has 0 aliphatic carbocycles. The van der Waals surface area contributed by atoms with Gasteiger partial charge in [0, 0.05) is 11.6 Å². The van der Waals surface area contributed by atoms with Crippen molar-refractivity contribution >= 4 is 5.69 Å². The molecule has 1 aromatic carbocycles. The van der Waals surface area contributed by atoms with Crippen LogP contribution in [0.15, 0.2) is 36.5 Å². The minimum Gasteiger partial charge on any atom is -0.487 e.